The smallest absolute Gasteiger partial charge is 0.134 e. The van der Waals surface area contributed by atoms with E-state index >= 15 is 0 Å². The molecule has 0 unspecified atom stereocenters. The Morgan fingerprint density at radius 1 is 1.23 bits per heavy atom. The lowest BCUT2D eigenvalue weighted by Crippen LogP contribution is -2.25. The van der Waals surface area contributed by atoms with Gasteiger partial charge in [-0.3, -0.25) is 4.72 Å². The molecule has 0 amide bonds. The van der Waals surface area contributed by atoms with Crippen molar-refractivity contribution in [2.75, 3.05) is 12.4 Å². The monoisotopic (exact) mass is 422 g/mol. The Labute approximate surface area is 183 Å². The van der Waals surface area contributed by atoms with Gasteiger partial charge in [0, 0.05) is 29.1 Å². The van der Waals surface area contributed by atoms with Crippen molar-refractivity contribution < 1.29 is 4.74 Å². The highest BCUT2D eigenvalue weighted by Gasteiger charge is 2.13. The van der Waals surface area contributed by atoms with E-state index in [0.29, 0.717) is 17.6 Å². The quantitative estimate of drug-likeness (QED) is 0.277. The molecule has 0 atom stereocenters. The van der Waals surface area contributed by atoms with Crippen molar-refractivity contribution in [2.24, 2.45) is 0 Å². The average Bonchev–Trinajstić information content (AvgIpc) is 2.78. The van der Waals surface area contributed by atoms with Crippen LogP contribution in [0.25, 0.3) is 5.57 Å². The molecule has 2 aromatic rings. The van der Waals surface area contributed by atoms with Gasteiger partial charge in [0.05, 0.1) is 12.8 Å². The minimum Gasteiger partial charge on any atom is -0.497 e. The van der Waals surface area contributed by atoms with Gasteiger partial charge < -0.3 is 10.1 Å². The molecule has 1 aliphatic rings. The van der Waals surface area contributed by atoms with Gasteiger partial charge in [0.25, 0.3) is 0 Å². The molecule has 0 saturated heterocycles. The van der Waals surface area contributed by atoms with Crippen LogP contribution in [0.1, 0.15) is 43.4 Å². The van der Waals surface area contributed by atoms with Crippen molar-refractivity contribution in [1.29, 1.82) is 0 Å². The highest BCUT2D eigenvalue weighted by atomic mass is 32.2. The highest BCUT2D eigenvalue weighted by Crippen LogP contribution is 2.25. The van der Waals surface area contributed by atoms with E-state index in [1.165, 1.54) is 44.0 Å². The number of methoxy groups -OCH3 is 1. The first-order valence-corrected chi connectivity index (χ1v) is 11.3. The van der Waals surface area contributed by atoms with E-state index < -0.39 is 0 Å². The topological polar surface area (TPSA) is 59.1 Å². The molecule has 0 aliphatic heterocycles. The molecule has 2 N–H and O–H groups in total. The van der Waals surface area contributed by atoms with Crippen LogP contribution in [-0.4, -0.2) is 23.1 Å². The molecule has 1 aromatic heterocycles. The first kappa shape index (κ1) is 22.1. The van der Waals surface area contributed by atoms with E-state index in [9.17, 15) is 0 Å². The third kappa shape index (κ3) is 6.47. The van der Waals surface area contributed by atoms with E-state index in [1.807, 2.05) is 18.2 Å². The minimum atomic E-state index is 0.532. The van der Waals surface area contributed by atoms with E-state index in [4.69, 9.17) is 4.74 Å². The molecule has 30 heavy (non-hydrogen) atoms. The van der Waals surface area contributed by atoms with Crippen molar-refractivity contribution in [2.45, 2.75) is 43.9 Å². The molecule has 0 bridgehead atoms. The highest BCUT2D eigenvalue weighted by molar-refractivity contribution is 7.96. The molecule has 0 spiro atoms. The maximum Gasteiger partial charge on any atom is 0.134 e. The van der Waals surface area contributed by atoms with Gasteiger partial charge in [-0.2, -0.15) is 0 Å². The summed E-state index contributed by atoms with van der Waals surface area (Å²) in [7, 11) is 1.59. The molecule has 1 aliphatic carbocycles. The number of hydrogen-bond donors (Lipinski definition) is 2. The summed E-state index contributed by atoms with van der Waals surface area (Å²) in [6.07, 6.45) is 11.7. The maximum atomic E-state index is 5.27. The Bertz CT molecular complexity index is 890. The first-order valence-electron chi connectivity index (χ1n) is 10.3. The van der Waals surface area contributed by atoms with Gasteiger partial charge in [0.2, 0.25) is 0 Å². The predicted molar refractivity (Wildman–Crippen MR) is 127 cm³/mol. The Morgan fingerprint density at radius 2 is 2.07 bits per heavy atom. The summed E-state index contributed by atoms with van der Waals surface area (Å²) < 4.78 is 8.90. The number of benzene rings is 1. The fraction of sp³-hybridized carbons (Fsp3) is 0.333. The van der Waals surface area contributed by atoms with Crippen LogP contribution in [0.4, 0.5) is 11.5 Å². The second-order valence-electron chi connectivity index (χ2n) is 7.30. The Kier molecular flexibility index (Phi) is 8.53. The van der Waals surface area contributed by atoms with Crippen LogP contribution >= 0.6 is 11.9 Å². The van der Waals surface area contributed by atoms with Crippen LogP contribution in [0.5, 0.6) is 0 Å². The van der Waals surface area contributed by atoms with Crippen molar-refractivity contribution in [1.82, 2.24) is 14.7 Å². The summed E-state index contributed by atoms with van der Waals surface area (Å²) >= 11 is 1.80. The molecule has 1 aromatic carbocycles. The number of ether oxygens (including phenoxy) is 1. The molecule has 158 valence electrons. The molecule has 1 heterocycles. The van der Waals surface area contributed by atoms with Crippen molar-refractivity contribution >= 4 is 29.0 Å². The zero-order valence-corrected chi connectivity index (χ0v) is 18.4. The summed E-state index contributed by atoms with van der Waals surface area (Å²) in [5.74, 6) is 2.18. The molecular formula is C24H30N4OS. The van der Waals surface area contributed by atoms with Crippen LogP contribution < -0.4 is 10.0 Å². The van der Waals surface area contributed by atoms with Crippen molar-refractivity contribution in [3.63, 3.8) is 0 Å². The van der Waals surface area contributed by atoms with Gasteiger partial charge in [-0.1, -0.05) is 62.6 Å². The number of allylic oxidation sites excluding steroid dienone is 3. The van der Waals surface area contributed by atoms with E-state index in [0.717, 1.165) is 22.7 Å². The van der Waals surface area contributed by atoms with E-state index in [-0.39, 0.29) is 0 Å². The number of aromatic nitrogens is 2. The van der Waals surface area contributed by atoms with Crippen LogP contribution in [0.15, 0.2) is 67.7 Å². The summed E-state index contributed by atoms with van der Waals surface area (Å²) in [6, 6.07) is 11.0. The molecule has 5 nitrogen and oxygen atoms in total. The minimum absolute atomic E-state index is 0.532. The fourth-order valence-corrected chi connectivity index (χ4v) is 4.37. The SMILES string of the molecule is C=C/C=C(\C(=C)OC)c1cc(Nc2cccc(CSNC3CCCCC3)c2)ncn1. The number of rotatable bonds is 10. The third-order valence-corrected chi connectivity index (χ3v) is 6.05. The molecule has 1 fully saturated rings. The summed E-state index contributed by atoms with van der Waals surface area (Å²) in [6.45, 7) is 7.69. The van der Waals surface area contributed by atoms with Crippen LogP contribution in [0, 0.1) is 0 Å². The van der Waals surface area contributed by atoms with Gasteiger partial charge in [-0.25, -0.2) is 9.97 Å². The zero-order chi connectivity index (χ0) is 21.2. The summed E-state index contributed by atoms with van der Waals surface area (Å²) in [5.41, 5.74) is 3.76. The average molecular weight is 423 g/mol. The molecule has 0 radical (unpaired) electrons. The van der Waals surface area contributed by atoms with Crippen LogP contribution in [-0.2, 0) is 10.5 Å². The number of nitrogens with zero attached hydrogens (tertiary/aromatic N) is 2. The summed E-state index contributed by atoms with van der Waals surface area (Å²) in [5, 5.41) is 3.37. The standard InChI is InChI=1S/C24H30N4OS/c1-4-9-22(18(2)29-3)23-15-24(26-17-25-23)27-21-13-8-10-19(14-21)16-30-28-20-11-6-5-7-12-20/h4,8-10,13-15,17,20,28H,1-2,5-7,11-12,16H2,3H3,(H,25,26,27)/b22-9+. The summed E-state index contributed by atoms with van der Waals surface area (Å²) in [4.78, 5) is 8.70. The maximum absolute atomic E-state index is 5.27. The Hall–Kier alpha value is -2.57. The van der Waals surface area contributed by atoms with Crippen molar-refractivity contribution in [3.05, 3.63) is 79.0 Å². The van der Waals surface area contributed by atoms with E-state index in [1.54, 1.807) is 25.1 Å². The van der Waals surface area contributed by atoms with E-state index in [2.05, 4.69) is 51.4 Å². The molecule has 3 rings (SSSR count). The van der Waals surface area contributed by atoms with Crippen LogP contribution in [0.3, 0.4) is 0 Å². The zero-order valence-electron chi connectivity index (χ0n) is 17.6. The lowest BCUT2D eigenvalue weighted by molar-refractivity contribution is 0.312. The molecule has 1 saturated carbocycles. The van der Waals surface area contributed by atoms with Crippen molar-refractivity contribution in [3.8, 4) is 0 Å². The van der Waals surface area contributed by atoms with Gasteiger partial charge in [-0.05, 0) is 36.6 Å². The second-order valence-corrected chi connectivity index (χ2v) is 8.11. The lowest BCUT2D eigenvalue weighted by atomic mass is 9.96. The predicted octanol–water partition coefficient (Wildman–Crippen LogP) is 6.02. The number of nitrogens with one attached hydrogen (secondary N) is 2. The van der Waals surface area contributed by atoms with Gasteiger partial charge in [0.1, 0.15) is 17.9 Å². The number of anilines is 2. The lowest BCUT2D eigenvalue weighted by Gasteiger charge is -2.22. The van der Waals surface area contributed by atoms with Crippen LogP contribution in [0.2, 0.25) is 0 Å². The van der Waals surface area contributed by atoms with Gasteiger partial charge in [0.15, 0.2) is 0 Å². The largest absolute Gasteiger partial charge is 0.497 e. The first-order chi connectivity index (χ1) is 14.7. The normalized spacial score (nSPS) is 14.9. The molecular weight excluding hydrogens is 392 g/mol. The third-order valence-electron chi connectivity index (χ3n) is 5.07. The van der Waals surface area contributed by atoms with Gasteiger partial charge in [-0.15, -0.1) is 0 Å². The number of hydrogen-bond acceptors (Lipinski definition) is 6. The van der Waals surface area contributed by atoms with Gasteiger partial charge >= 0.3 is 0 Å². The molecule has 6 heteroatoms. The fourth-order valence-electron chi connectivity index (χ4n) is 3.47. The second kappa shape index (κ2) is 11.6. The Balaban J connectivity index is 1.63. The Morgan fingerprint density at radius 3 is 2.83 bits per heavy atom.